The summed E-state index contributed by atoms with van der Waals surface area (Å²) in [6.07, 6.45) is 5.53. The van der Waals surface area contributed by atoms with Gasteiger partial charge in [0.1, 0.15) is 6.04 Å². The third kappa shape index (κ3) is 7.86. The molecule has 1 aromatic carbocycles. The first-order valence-electron chi connectivity index (χ1n) is 13.2. The van der Waals surface area contributed by atoms with Crippen LogP contribution in [0.15, 0.2) is 59.8 Å². The van der Waals surface area contributed by atoms with E-state index in [0.717, 1.165) is 27.8 Å². The van der Waals surface area contributed by atoms with Gasteiger partial charge in [0, 0.05) is 36.8 Å². The third-order valence-corrected chi connectivity index (χ3v) is 6.69. The Morgan fingerprint density at radius 1 is 1.08 bits per heavy atom. The predicted octanol–water partition coefficient (Wildman–Crippen LogP) is 4.60. The highest BCUT2D eigenvalue weighted by atomic mass is 16.5. The summed E-state index contributed by atoms with van der Waals surface area (Å²) in [6.45, 7) is 8.73. The zero-order valence-electron chi connectivity index (χ0n) is 24.0. The number of rotatable bonds is 11. The average Bonchev–Trinajstić information content (AvgIpc) is 2.86. The molecule has 3 rings (SSSR count). The van der Waals surface area contributed by atoms with Gasteiger partial charge in [-0.05, 0) is 80.2 Å². The van der Waals surface area contributed by atoms with Crippen molar-refractivity contribution in [3.8, 4) is 11.1 Å². The fraction of sp³-hybridized carbons (Fsp3) is 0.419. The first kappa shape index (κ1) is 29.8. The molecule has 2 atom stereocenters. The maximum atomic E-state index is 13.8. The van der Waals surface area contributed by atoms with Crippen LogP contribution in [0.25, 0.3) is 11.1 Å². The lowest BCUT2D eigenvalue weighted by Gasteiger charge is -2.25. The van der Waals surface area contributed by atoms with Gasteiger partial charge in [-0.3, -0.25) is 19.4 Å². The lowest BCUT2D eigenvalue weighted by atomic mass is 9.94. The number of carbonyl (C=O) groups is 2. The summed E-state index contributed by atoms with van der Waals surface area (Å²) in [5.74, 6) is -0.636. The second-order valence-corrected chi connectivity index (χ2v) is 10.8. The van der Waals surface area contributed by atoms with E-state index in [1.807, 2.05) is 77.0 Å². The molecule has 2 unspecified atom stereocenters. The SMILES string of the molecule is COC(=O)CC(NC(=O)C(CC(C)C)n1ccc(CN(C)C)cc1=O)c1cncc(-c2c(C)cccc2C)c1. The van der Waals surface area contributed by atoms with Gasteiger partial charge in [-0.2, -0.15) is 0 Å². The molecule has 0 fully saturated rings. The highest BCUT2D eigenvalue weighted by molar-refractivity contribution is 5.82. The van der Waals surface area contributed by atoms with Crippen LogP contribution in [0.4, 0.5) is 0 Å². The molecule has 0 spiro atoms. The van der Waals surface area contributed by atoms with E-state index in [4.69, 9.17) is 4.74 Å². The molecule has 1 amide bonds. The minimum atomic E-state index is -0.735. The van der Waals surface area contributed by atoms with E-state index in [1.54, 1.807) is 24.7 Å². The molecule has 3 aromatic rings. The Morgan fingerprint density at radius 3 is 2.36 bits per heavy atom. The minimum Gasteiger partial charge on any atom is -0.469 e. The summed E-state index contributed by atoms with van der Waals surface area (Å²) in [5, 5.41) is 3.04. The fourth-order valence-electron chi connectivity index (χ4n) is 4.87. The van der Waals surface area contributed by atoms with Crippen LogP contribution in [0.2, 0.25) is 0 Å². The Labute approximate surface area is 231 Å². The molecule has 0 aliphatic carbocycles. The van der Waals surface area contributed by atoms with Crippen LogP contribution in [0.1, 0.15) is 61.0 Å². The summed E-state index contributed by atoms with van der Waals surface area (Å²) in [6, 6.07) is 10.1. The largest absolute Gasteiger partial charge is 0.469 e. The maximum absolute atomic E-state index is 13.8. The molecule has 0 aliphatic rings. The first-order chi connectivity index (χ1) is 18.5. The van der Waals surface area contributed by atoms with Gasteiger partial charge in [-0.25, -0.2) is 0 Å². The van der Waals surface area contributed by atoms with Crippen molar-refractivity contribution in [1.82, 2.24) is 19.8 Å². The van der Waals surface area contributed by atoms with Gasteiger partial charge < -0.3 is 19.5 Å². The summed E-state index contributed by atoms with van der Waals surface area (Å²) in [7, 11) is 5.20. The van der Waals surface area contributed by atoms with Crippen molar-refractivity contribution in [2.45, 2.75) is 59.2 Å². The Hall–Kier alpha value is -3.78. The summed E-state index contributed by atoms with van der Waals surface area (Å²) in [5.41, 5.74) is 5.51. The van der Waals surface area contributed by atoms with Gasteiger partial charge in [-0.15, -0.1) is 0 Å². The monoisotopic (exact) mass is 532 g/mol. The number of ether oxygens (including phenoxy) is 1. The van der Waals surface area contributed by atoms with Gasteiger partial charge in [0.2, 0.25) is 5.91 Å². The standard InChI is InChI=1S/C31H40N4O4/c1-20(2)13-27(35-12-11-23(14-28(35)36)19-34(5)6)31(38)33-26(16-29(37)39-7)24-15-25(18-32-17-24)30-21(3)9-8-10-22(30)4/h8-12,14-15,17-18,20,26-27H,13,16,19H2,1-7H3,(H,33,38). The number of methoxy groups -OCH3 is 1. The molecule has 8 heteroatoms. The molecular weight excluding hydrogens is 492 g/mol. The second kappa shape index (κ2) is 13.3. The molecule has 0 bridgehead atoms. The van der Waals surface area contributed by atoms with E-state index < -0.39 is 18.1 Å². The van der Waals surface area contributed by atoms with E-state index in [9.17, 15) is 14.4 Å². The normalized spacial score (nSPS) is 12.8. The Kier molecular flexibility index (Phi) is 10.2. The number of nitrogens with zero attached hydrogens (tertiary/aromatic N) is 3. The van der Waals surface area contributed by atoms with E-state index in [-0.39, 0.29) is 23.8 Å². The van der Waals surface area contributed by atoms with Gasteiger partial charge in [0.25, 0.3) is 5.56 Å². The zero-order valence-corrected chi connectivity index (χ0v) is 24.0. The number of aromatic nitrogens is 2. The summed E-state index contributed by atoms with van der Waals surface area (Å²) in [4.78, 5) is 45.6. The van der Waals surface area contributed by atoms with Crippen molar-refractivity contribution in [3.63, 3.8) is 0 Å². The molecule has 8 nitrogen and oxygen atoms in total. The number of amides is 1. The number of aryl methyl sites for hydroxylation is 2. The van der Waals surface area contributed by atoms with Crippen LogP contribution < -0.4 is 10.9 Å². The summed E-state index contributed by atoms with van der Waals surface area (Å²) >= 11 is 0. The zero-order chi connectivity index (χ0) is 28.7. The van der Waals surface area contributed by atoms with Gasteiger partial charge >= 0.3 is 5.97 Å². The smallest absolute Gasteiger partial charge is 0.307 e. The maximum Gasteiger partial charge on any atom is 0.307 e. The number of pyridine rings is 2. The van der Waals surface area contributed by atoms with E-state index in [0.29, 0.717) is 18.5 Å². The molecule has 0 radical (unpaired) electrons. The molecule has 0 saturated heterocycles. The molecule has 1 N–H and O–H groups in total. The van der Waals surface area contributed by atoms with Crippen molar-refractivity contribution >= 4 is 11.9 Å². The lowest BCUT2D eigenvalue weighted by molar-refractivity contribution is -0.141. The molecule has 2 heterocycles. The average molecular weight is 533 g/mol. The van der Waals surface area contributed by atoms with E-state index in [1.165, 1.54) is 11.7 Å². The van der Waals surface area contributed by atoms with Crippen molar-refractivity contribution in [2.24, 2.45) is 5.92 Å². The molecule has 39 heavy (non-hydrogen) atoms. The van der Waals surface area contributed by atoms with Gasteiger partial charge in [0.05, 0.1) is 19.6 Å². The minimum absolute atomic E-state index is 0.0643. The number of esters is 1. The Morgan fingerprint density at radius 2 is 1.77 bits per heavy atom. The fourth-order valence-corrected chi connectivity index (χ4v) is 4.87. The second-order valence-electron chi connectivity index (χ2n) is 10.8. The van der Waals surface area contributed by atoms with E-state index in [2.05, 4.69) is 10.3 Å². The molecule has 0 aliphatic heterocycles. The molecular formula is C31H40N4O4. The highest BCUT2D eigenvalue weighted by Gasteiger charge is 2.27. The van der Waals surface area contributed by atoms with E-state index >= 15 is 0 Å². The third-order valence-electron chi connectivity index (χ3n) is 6.69. The van der Waals surface area contributed by atoms with Crippen molar-refractivity contribution < 1.29 is 14.3 Å². The lowest BCUT2D eigenvalue weighted by Crippen LogP contribution is -2.40. The molecule has 0 saturated carbocycles. The molecule has 208 valence electrons. The number of carbonyl (C=O) groups excluding carboxylic acids is 2. The van der Waals surface area contributed by atoms with Crippen LogP contribution >= 0.6 is 0 Å². The van der Waals surface area contributed by atoms with Crippen molar-refractivity contribution in [2.75, 3.05) is 21.2 Å². The van der Waals surface area contributed by atoms with Gasteiger partial charge in [0.15, 0.2) is 0 Å². The Bertz CT molecular complexity index is 1340. The topological polar surface area (TPSA) is 93.5 Å². The predicted molar refractivity (Wildman–Crippen MR) is 153 cm³/mol. The Balaban J connectivity index is 1.98. The van der Waals surface area contributed by atoms with Crippen molar-refractivity contribution in [3.05, 3.63) is 87.6 Å². The number of hydrogen-bond acceptors (Lipinski definition) is 6. The first-order valence-corrected chi connectivity index (χ1v) is 13.2. The highest BCUT2D eigenvalue weighted by Crippen LogP contribution is 2.30. The number of nitrogens with one attached hydrogen (secondary N) is 1. The van der Waals surface area contributed by atoms with Crippen molar-refractivity contribution in [1.29, 1.82) is 0 Å². The van der Waals surface area contributed by atoms with Gasteiger partial charge in [-0.1, -0.05) is 32.0 Å². The number of hydrogen-bond donors (Lipinski definition) is 1. The quantitative estimate of drug-likeness (QED) is 0.363. The van der Waals surface area contributed by atoms with Crippen LogP contribution in [-0.2, 0) is 20.9 Å². The molecule has 2 aromatic heterocycles. The van der Waals surface area contributed by atoms with Crippen LogP contribution in [0, 0.1) is 19.8 Å². The van der Waals surface area contributed by atoms with Crippen LogP contribution in [0.3, 0.4) is 0 Å². The summed E-state index contributed by atoms with van der Waals surface area (Å²) < 4.78 is 6.42. The van der Waals surface area contributed by atoms with Crippen LogP contribution in [-0.4, -0.2) is 47.5 Å². The number of benzene rings is 1. The van der Waals surface area contributed by atoms with Crippen LogP contribution in [0.5, 0.6) is 0 Å².